The van der Waals surface area contributed by atoms with Gasteiger partial charge in [0.25, 0.3) is 0 Å². The number of allylic oxidation sites excluding steroid dienone is 1. The van der Waals surface area contributed by atoms with Gasteiger partial charge in [0.05, 0.1) is 0 Å². The molecular formula is C17H20O7. The minimum atomic E-state index is -2.44. The van der Waals surface area contributed by atoms with Gasteiger partial charge in [-0.15, -0.1) is 0 Å². The van der Waals surface area contributed by atoms with Crippen LogP contribution >= 0.6 is 0 Å². The largest absolute Gasteiger partial charge is 0.479 e. The Balaban J connectivity index is 2.43. The van der Waals surface area contributed by atoms with Crippen molar-refractivity contribution in [2.45, 2.75) is 23.6 Å². The lowest BCUT2D eigenvalue weighted by atomic mass is 9.83. The van der Waals surface area contributed by atoms with Crippen molar-refractivity contribution in [2.75, 3.05) is 14.2 Å². The van der Waals surface area contributed by atoms with Crippen molar-refractivity contribution in [3.8, 4) is 0 Å². The number of carbonyl (C=O) groups is 1. The first kappa shape index (κ1) is 18.3. The van der Waals surface area contributed by atoms with Gasteiger partial charge >= 0.3 is 5.97 Å². The first-order chi connectivity index (χ1) is 11.2. The molecule has 1 aliphatic carbocycles. The number of aliphatic carboxylic acids is 1. The van der Waals surface area contributed by atoms with Crippen LogP contribution in [0.15, 0.2) is 54.1 Å². The second-order valence-electron chi connectivity index (χ2n) is 5.56. The molecule has 130 valence electrons. The Kier molecular flexibility index (Phi) is 4.93. The van der Waals surface area contributed by atoms with E-state index < -0.39 is 23.1 Å². The van der Waals surface area contributed by atoms with Crippen LogP contribution in [0.1, 0.15) is 12.0 Å². The average Bonchev–Trinajstić information content (AvgIpc) is 2.57. The monoisotopic (exact) mass is 336 g/mol. The zero-order chi connectivity index (χ0) is 18.0. The maximum atomic E-state index is 11.7. The second kappa shape index (κ2) is 6.46. The normalized spacial score (nSPS) is 21.0. The predicted molar refractivity (Wildman–Crippen MR) is 83.7 cm³/mol. The summed E-state index contributed by atoms with van der Waals surface area (Å²) in [6.45, 7) is 0. The SMILES string of the molecule is COC1(OC)C=C(CC(O)(C(=O)O)c2ccccc2)C=CC1(O)O. The molecule has 0 amide bonds. The molecule has 0 radical (unpaired) electrons. The third kappa shape index (κ3) is 3.00. The van der Waals surface area contributed by atoms with E-state index in [1.54, 1.807) is 18.2 Å². The van der Waals surface area contributed by atoms with Gasteiger partial charge < -0.3 is 29.9 Å². The molecule has 0 spiro atoms. The third-order valence-corrected chi connectivity index (χ3v) is 4.09. The van der Waals surface area contributed by atoms with E-state index in [1.165, 1.54) is 38.5 Å². The van der Waals surface area contributed by atoms with Gasteiger partial charge in [-0.2, -0.15) is 0 Å². The molecule has 1 aromatic carbocycles. The molecule has 1 aliphatic rings. The Hall–Kier alpha value is -2.03. The number of rotatable bonds is 6. The molecule has 24 heavy (non-hydrogen) atoms. The highest BCUT2D eigenvalue weighted by Crippen LogP contribution is 2.37. The number of carboxylic acid groups (broad SMARTS) is 1. The quantitative estimate of drug-likeness (QED) is 0.559. The molecule has 7 nitrogen and oxygen atoms in total. The summed E-state index contributed by atoms with van der Waals surface area (Å²) in [7, 11) is 2.44. The first-order valence-corrected chi connectivity index (χ1v) is 7.18. The van der Waals surface area contributed by atoms with E-state index in [-0.39, 0.29) is 12.0 Å². The van der Waals surface area contributed by atoms with E-state index in [1.807, 2.05) is 0 Å². The van der Waals surface area contributed by atoms with Crippen LogP contribution in [0, 0.1) is 0 Å². The number of benzene rings is 1. The highest BCUT2D eigenvalue weighted by Gasteiger charge is 2.51. The van der Waals surface area contributed by atoms with Gasteiger partial charge in [0, 0.05) is 20.6 Å². The number of aliphatic hydroxyl groups is 3. The number of carboxylic acids is 1. The maximum absolute atomic E-state index is 11.7. The fourth-order valence-electron chi connectivity index (χ4n) is 2.66. The van der Waals surface area contributed by atoms with E-state index in [0.717, 1.165) is 6.08 Å². The fourth-order valence-corrected chi connectivity index (χ4v) is 2.66. The van der Waals surface area contributed by atoms with Crippen molar-refractivity contribution >= 4 is 5.97 Å². The van der Waals surface area contributed by atoms with Crippen LogP contribution in [-0.2, 0) is 19.9 Å². The highest BCUT2D eigenvalue weighted by atomic mass is 16.7. The third-order valence-electron chi connectivity index (χ3n) is 4.09. The minimum absolute atomic E-state index is 0.206. The van der Waals surface area contributed by atoms with Gasteiger partial charge in [0.2, 0.25) is 11.6 Å². The van der Waals surface area contributed by atoms with E-state index in [4.69, 9.17) is 9.47 Å². The molecule has 2 rings (SSSR count). The molecule has 0 bridgehead atoms. The summed E-state index contributed by atoms with van der Waals surface area (Å²) in [5, 5.41) is 40.2. The number of hydrogen-bond donors (Lipinski definition) is 4. The fraction of sp³-hybridized carbons (Fsp3) is 0.353. The van der Waals surface area contributed by atoms with Crippen LogP contribution in [0.4, 0.5) is 0 Å². The van der Waals surface area contributed by atoms with Crippen LogP contribution in [-0.4, -0.2) is 52.2 Å². The molecule has 4 N–H and O–H groups in total. The summed E-state index contributed by atoms with van der Waals surface area (Å²) in [6.07, 6.45) is 3.26. The van der Waals surface area contributed by atoms with Crippen LogP contribution < -0.4 is 0 Å². The zero-order valence-corrected chi connectivity index (χ0v) is 13.3. The lowest BCUT2D eigenvalue weighted by Gasteiger charge is -2.40. The summed E-state index contributed by atoms with van der Waals surface area (Å²) in [4.78, 5) is 11.7. The van der Waals surface area contributed by atoms with Crippen molar-refractivity contribution in [1.29, 1.82) is 0 Å². The van der Waals surface area contributed by atoms with Crippen LogP contribution in [0.2, 0.25) is 0 Å². The van der Waals surface area contributed by atoms with Gasteiger partial charge in [-0.25, -0.2) is 4.79 Å². The lowest BCUT2D eigenvalue weighted by Crippen LogP contribution is -2.56. The summed E-state index contributed by atoms with van der Waals surface area (Å²) < 4.78 is 10.2. The van der Waals surface area contributed by atoms with E-state index in [0.29, 0.717) is 5.57 Å². The average molecular weight is 336 g/mol. The van der Waals surface area contributed by atoms with Crippen LogP contribution in [0.3, 0.4) is 0 Å². The topological polar surface area (TPSA) is 116 Å². The molecule has 0 heterocycles. The Labute approximate surface area is 139 Å². The lowest BCUT2D eigenvalue weighted by molar-refractivity contribution is -0.328. The molecule has 1 aromatic rings. The Morgan fingerprint density at radius 1 is 1.17 bits per heavy atom. The van der Waals surface area contributed by atoms with Crippen LogP contribution in [0.25, 0.3) is 0 Å². The van der Waals surface area contributed by atoms with Gasteiger partial charge in [0.15, 0.2) is 5.60 Å². The first-order valence-electron chi connectivity index (χ1n) is 7.18. The number of ether oxygens (including phenoxy) is 2. The van der Waals surface area contributed by atoms with Crippen LogP contribution in [0.5, 0.6) is 0 Å². The highest BCUT2D eigenvalue weighted by molar-refractivity contribution is 5.79. The standard InChI is InChI=1S/C17H20O7/c1-23-17(24-2)11-12(8-9-16(17,21)22)10-15(20,14(18)19)13-6-4-3-5-7-13/h3-9,11,20-22H,10H2,1-2H3,(H,18,19). The maximum Gasteiger partial charge on any atom is 0.340 e. The molecule has 0 aromatic heterocycles. The molecule has 0 aliphatic heterocycles. The predicted octanol–water partition coefficient (Wildman–Crippen LogP) is 0.515. The summed E-state index contributed by atoms with van der Waals surface area (Å²) in [6, 6.07) is 7.95. The summed E-state index contributed by atoms with van der Waals surface area (Å²) in [5.74, 6) is -5.77. The van der Waals surface area contributed by atoms with E-state index in [2.05, 4.69) is 0 Å². The molecule has 0 saturated heterocycles. The molecule has 0 saturated carbocycles. The zero-order valence-electron chi connectivity index (χ0n) is 13.3. The number of methoxy groups -OCH3 is 2. The van der Waals surface area contributed by atoms with Gasteiger partial charge in [-0.3, -0.25) is 0 Å². The van der Waals surface area contributed by atoms with E-state index >= 15 is 0 Å². The van der Waals surface area contributed by atoms with Crippen molar-refractivity contribution in [1.82, 2.24) is 0 Å². The smallest absolute Gasteiger partial charge is 0.340 e. The number of hydrogen-bond acceptors (Lipinski definition) is 6. The van der Waals surface area contributed by atoms with Crippen molar-refractivity contribution in [2.24, 2.45) is 0 Å². The molecule has 0 fully saturated rings. The Bertz CT molecular complexity index is 659. The Morgan fingerprint density at radius 2 is 1.75 bits per heavy atom. The summed E-state index contributed by atoms with van der Waals surface area (Å²) in [5.41, 5.74) is -1.67. The minimum Gasteiger partial charge on any atom is -0.479 e. The van der Waals surface area contributed by atoms with Gasteiger partial charge in [-0.1, -0.05) is 36.4 Å². The van der Waals surface area contributed by atoms with Gasteiger partial charge in [0.1, 0.15) is 0 Å². The Morgan fingerprint density at radius 3 is 2.25 bits per heavy atom. The molecule has 7 heteroatoms. The van der Waals surface area contributed by atoms with Crippen molar-refractivity contribution in [3.63, 3.8) is 0 Å². The molecular weight excluding hydrogens is 316 g/mol. The summed E-state index contributed by atoms with van der Waals surface area (Å²) >= 11 is 0. The second-order valence-corrected chi connectivity index (χ2v) is 5.56. The molecule has 1 unspecified atom stereocenters. The van der Waals surface area contributed by atoms with E-state index in [9.17, 15) is 25.2 Å². The molecule has 1 atom stereocenters. The van der Waals surface area contributed by atoms with Crippen molar-refractivity contribution in [3.05, 3.63) is 59.7 Å². The van der Waals surface area contributed by atoms with Crippen molar-refractivity contribution < 1.29 is 34.7 Å². The van der Waals surface area contributed by atoms with Gasteiger partial charge in [-0.05, 0) is 23.3 Å².